The van der Waals surface area contributed by atoms with Gasteiger partial charge in [0.25, 0.3) is 5.91 Å². The molecule has 0 N–H and O–H groups in total. The molecule has 1 amide bonds. The fourth-order valence-electron chi connectivity index (χ4n) is 3.98. The Kier molecular flexibility index (Phi) is 5.25. The van der Waals surface area contributed by atoms with Gasteiger partial charge in [-0.3, -0.25) is 9.59 Å². The molecule has 0 bridgehead atoms. The maximum Gasteiger partial charge on any atom is 0.258 e. The van der Waals surface area contributed by atoms with Crippen LogP contribution in [0, 0.1) is 0 Å². The minimum Gasteiger partial charge on any atom is -0.491 e. The Hall–Kier alpha value is -3.46. The van der Waals surface area contributed by atoms with Crippen LogP contribution in [0.3, 0.4) is 0 Å². The predicted octanol–water partition coefficient (Wildman–Crippen LogP) is 2.30. The molecule has 2 aromatic heterocycles. The van der Waals surface area contributed by atoms with E-state index in [2.05, 4.69) is 10.1 Å². The number of fused-ring (bicyclic) bond motifs is 1. The first-order chi connectivity index (χ1) is 15.2. The van der Waals surface area contributed by atoms with Gasteiger partial charge in [0.05, 0.1) is 30.0 Å². The fraction of sp³-hybridized carbons (Fsp3) is 0.364. The smallest absolute Gasteiger partial charge is 0.258 e. The van der Waals surface area contributed by atoms with Gasteiger partial charge < -0.3 is 18.8 Å². The first-order valence-corrected chi connectivity index (χ1v) is 10.3. The van der Waals surface area contributed by atoms with Crippen molar-refractivity contribution in [2.75, 3.05) is 26.3 Å². The molecule has 9 heteroatoms. The van der Waals surface area contributed by atoms with E-state index in [1.807, 2.05) is 24.3 Å². The Morgan fingerprint density at radius 2 is 2.10 bits per heavy atom. The van der Waals surface area contributed by atoms with E-state index in [1.165, 1.54) is 12.6 Å². The average Bonchev–Trinajstić information content (AvgIpc) is 3.49. The Morgan fingerprint density at radius 3 is 2.90 bits per heavy atom. The topological polar surface area (TPSA) is 99.7 Å². The summed E-state index contributed by atoms with van der Waals surface area (Å²) in [5.74, 6) is 1.12. The average molecular weight is 422 g/mol. The van der Waals surface area contributed by atoms with Crippen LogP contribution in [0.1, 0.15) is 39.3 Å². The second-order valence-electron chi connectivity index (χ2n) is 7.61. The van der Waals surface area contributed by atoms with Crippen molar-refractivity contribution in [2.24, 2.45) is 0 Å². The molecule has 31 heavy (non-hydrogen) atoms. The molecule has 1 atom stereocenters. The van der Waals surface area contributed by atoms with Crippen LogP contribution in [-0.4, -0.2) is 63.8 Å². The van der Waals surface area contributed by atoms with Crippen molar-refractivity contribution >= 4 is 11.7 Å². The second kappa shape index (κ2) is 8.35. The molecule has 0 spiro atoms. The minimum absolute atomic E-state index is 0.0131. The van der Waals surface area contributed by atoms with Crippen LogP contribution in [0.25, 0.3) is 5.69 Å². The first kappa shape index (κ1) is 19.5. The summed E-state index contributed by atoms with van der Waals surface area (Å²) in [6.07, 6.45) is 6.20. The number of amides is 1. The fourth-order valence-corrected chi connectivity index (χ4v) is 3.98. The van der Waals surface area contributed by atoms with Crippen LogP contribution < -0.4 is 4.74 Å². The van der Waals surface area contributed by atoms with Gasteiger partial charge in [-0.15, -0.1) is 0 Å². The molecule has 1 aromatic carbocycles. The molecule has 1 aliphatic carbocycles. The molecule has 1 fully saturated rings. The number of aryl methyl sites for hydroxylation is 1. The highest BCUT2D eigenvalue weighted by atomic mass is 16.5. The summed E-state index contributed by atoms with van der Waals surface area (Å²) in [5, 5.41) is 4.09. The van der Waals surface area contributed by atoms with Crippen molar-refractivity contribution in [3.05, 3.63) is 60.1 Å². The number of nitrogens with zero attached hydrogens (tertiary/aromatic N) is 4. The zero-order valence-electron chi connectivity index (χ0n) is 16.9. The number of carbonyl (C=O) groups is 2. The van der Waals surface area contributed by atoms with Crippen molar-refractivity contribution in [3.63, 3.8) is 0 Å². The molecule has 1 aliphatic heterocycles. The second-order valence-corrected chi connectivity index (χ2v) is 7.61. The molecule has 1 saturated heterocycles. The summed E-state index contributed by atoms with van der Waals surface area (Å²) in [6.45, 7) is 1.59. The summed E-state index contributed by atoms with van der Waals surface area (Å²) in [6, 6.07) is 7.49. The number of benzene rings is 1. The van der Waals surface area contributed by atoms with Crippen molar-refractivity contribution < 1.29 is 23.5 Å². The standard InChI is InChI=1S/C22H22N4O5/c27-19-2-1-3-20-21(19)18(12-31-20)22(28)25-8-9-29-17(10-25)11-30-16-6-4-15(5-7-16)26-14-23-13-24-26/h4-7,12-14,17H,1-3,8-11H2. The summed E-state index contributed by atoms with van der Waals surface area (Å²) < 4.78 is 18.8. The van der Waals surface area contributed by atoms with Crippen molar-refractivity contribution in [2.45, 2.75) is 25.4 Å². The van der Waals surface area contributed by atoms with Gasteiger partial charge in [0.15, 0.2) is 5.78 Å². The molecule has 5 rings (SSSR count). The van der Waals surface area contributed by atoms with E-state index in [0.717, 1.165) is 12.1 Å². The summed E-state index contributed by atoms with van der Waals surface area (Å²) >= 11 is 0. The number of furan rings is 1. The van der Waals surface area contributed by atoms with Crippen molar-refractivity contribution in [1.82, 2.24) is 19.7 Å². The zero-order chi connectivity index (χ0) is 21.2. The monoisotopic (exact) mass is 422 g/mol. The molecular formula is C22H22N4O5. The lowest BCUT2D eigenvalue weighted by Crippen LogP contribution is -2.47. The first-order valence-electron chi connectivity index (χ1n) is 10.3. The maximum absolute atomic E-state index is 13.1. The third-order valence-electron chi connectivity index (χ3n) is 5.57. The largest absolute Gasteiger partial charge is 0.491 e. The van der Waals surface area contributed by atoms with Crippen molar-refractivity contribution in [1.29, 1.82) is 0 Å². The van der Waals surface area contributed by atoms with Crippen LogP contribution in [-0.2, 0) is 11.2 Å². The molecule has 160 valence electrons. The highest BCUT2D eigenvalue weighted by molar-refractivity contribution is 6.09. The van der Waals surface area contributed by atoms with E-state index in [9.17, 15) is 9.59 Å². The lowest BCUT2D eigenvalue weighted by atomic mass is 9.93. The van der Waals surface area contributed by atoms with E-state index < -0.39 is 0 Å². The van der Waals surface area contributed by atoms with Crippen LogP contribution in [0.4, 0.5) is 0 Å². The molecule has 9 nitrogen and oxygen atoms in total. The minimum atomic E-state index is -0.258. The van der Waals surface area contributed by atoms with Gasteiger partial charge in [0.2, 0.25) is 0 Å². The quantitative estimate of drug-likeness (QED) is 0.622. The van der Waals surface area contributed by atoms with Gasteiger partial charge in [-0.1, -0.05) is 0 Å². The van der Waals surface area contributed by atoms with Gasteiger partial charge >= 0.3 is 0 Å². The van der Waals surface area contributed by atoms with Crippen LogP contribution in [0.15, 0.2) is 47.6 Å². The summed E-state index contributed by atoms with van der Waals surface area (Å²) in [4.78, 5) is 31.0. The number of morpholine rings is 1. The third-order valence-corrected chi connectivity index (χ3v) is 5.57. The molecule has 0 radical (unpaired) electrons. The predicted molar refractivity (Wildman–Crippen MR) is 108 cm³/mol. The van der Waals surface area contributed by atoms with Gasteiger partial charge in [-0.25, -0.2) is 9.67 Å². The molecule has 0 saturated carbocycles. The number of hydrogen-bond acceptors (Lipinski definition) is 7. The number of ketones is 1. The normalized spacial score (nSPS) is 18.6. The van der Waals surface area contributed by atoms with E-state index in [-0.39, 0.29) is 17.8 Å². The number of ether oxygens (including phenoxy) is 2. The lowest BCUT2D eigenvalue weighted by Gasteiger charge is -2.32. The number of Topliss-reactive ketones (excluding diaryl/α,β-unsaturated/α-hetero) is 1. The number of rotatable bonds is 5. The van der Waals surface area contributed by atoms with Crippen molar-refractivity contribution in [3.8, 4) is 11.4 Å². The van der Waals surface area contributed by atoms with E-state index in [0.29, 0.717) is 61.8 Å². The molecule has 2 aliphatic rings. The Morgan fingerprint density at radius 1 is 1.23 bits per heavy atom. The van der Waals surface area contributed by atoms with Crippen LogP contribution >= 0.6 is 0 Å². The lowest BCUT2D eigenvalue weighted by molar-refractivity contribution is -0.0401. The van der Waals surface area contributed by atoms with E-state index in [1.54, 1.807) is 15.9 Å². The Bertz CT molecular complexity index is 1070. The third kappa shape index (κ3) is 3.96. The maximum atomic E-state index is 13.1. The molecular weight excluding hydrogens is 400 g/mol. The highest BCUT2D eigenvalue weighted by Crippen LogP contribution is 2.27. The highest BCUT2D eigenvalue weighted by Gasteiger charge is 2.32. The SMILES string of the molecule is O=C1CCCc2occ(C(=O)N3CCOC(COc4ccc(-n5cncn5)cc4)C3)c21. The number of carbonyl (C=O) groups excluding carboxylic acids is 2. The zero-order valence-corrected chi connectivity index (χ0v) is 16.9. The van der Waals surface area contributed by atoms with Gasteiger partial charge in [0.1, 0.15) is 43.1 Å². The van der Waals surface area contributed by atoms with Gasteiger partial charge in [0, 0.05) is 19.4 Å². The molecule has 1 unspecified atom stereocenters. The summed E-state index contributed by atoms with van der Waals surface area (Å²) in [5.41, 5.74) is 1.71. The van der Waals surface area contributed by atoms with Crippen LogP contribution in [0.2, 0.25) is 0 Å². The molecule has 3 aromatic rings. The summed E-state index contributed by atoms with van der Waals surface area (Å²) in [7, 11) is 0. The van der Waals surface area contributed by atoms with E-state index >= 15 is 0 Å². The Balaban J connectivity index is 1.20. The molecule has 3 heterocycles. The van der Waals surface area contributed by atoms with E-state index in [4.69, 9.17) is 13.9 Å². The van der Waals surface area contributed by atoms with Crippen LogP contribution in [0.5, 0.6) is 5.75 Å². The van der Waals surface area contributed by atoms with Gasteiger partial charge in [-0.05, 0) is 30.7 Å². The Labute approximate surface area is 178 Å². The number of aromatic nitrogens is 3. The van der Waals surface area contributed by atoms with Gasteiger partial charge in [-0.2, -0.15) is 5.10 Å². The number of hydrogen-bond donors (Lipinski definition) is 0.